The molecule has 0 aliphatic carbocycles. The molecule has 1 aliphatic heterocycles. The summed E-state index contributed by atoms with van der Waals surface area (Å²) in [6, 6.07) is 0. The molecule has 18 heavy (non-hydrogen) atoms. The number of carbonyl (C=O) groups is 1. The molecule has 6 heteroatoms. The molecule has 2 aromatic rings. The molecule has 1 atom stereocenters. The van der Waals surface area contributed by atoms with Gasteiger partial charge in [0.2, 0.25) is 5.91 Å². The third kappa shape index (κ3) is 2.09. The first-order valence-electron chi connectivity index (χ1n) is 5.88. The average Bonchev–Trinajstić information content (AvgIpc) is 2.87. The summed E-state index contributed by atoms with van der Waals surface area (Å²) in [7, 11) is 0. The molecule has 0 spiro atoms. The van der Waals surface area contributed by atoms with Crippen molar-refractivity contribution in [2.75, 3.05) is 5.32 Å². The third-order valence-electron chi connectivity index (χ3n) is 3.17. The summed E-state index contributed by atoms with van der Waals surface area (Å²) >= 11 is 0. The van der Waals surface area contributed by atoms with Crippen molar-refractivity contribution in [1.29, 1.82) is 0 Å². The van der Waals surface area contributed by atoms with Crippen molar-refractivity contribution in [1.82, 2.24) is 19.5 Å². The zero-order valence-electron chi connectivity index (χ0n) is 9.78. The fourth-order valence-corrected chi connectivity index (χ4v) is 2.20. The van der Waals surface area contributed by atoms with Gasteiger partial charge >= 0.3 is 0 Å². The van der Waals surface area contributed by atoms with Crippen LogP contribution in [0.2, 0.25) is 0 Å². The first-order valence-corrected chi connectivity index (χ1v) is 5.88. The van der Waals surface area contributed by atoms with E-state index in [9.17, 15) is 4.79 Å². The minimum atomic E-state index is -0.00518. The highest BCUT2D eigenvalue weighted by Gasteiger charge is 2.24. The Kier molecular flexibility index (Phi) is 2.76. The van der Waals surface area contributed by atoms with Crippen molar-refractivity contribution in [3.05, 3.63) is 36.9 Å². The van der Waals surface area contributed by atoms with E-state index < -0.39 is 0 Å². The Morgan fingerprint density at radius 1 is 1.28 bits per heavy atom. The number of nitrogens with one attached hydrogen (secondary N) is 1. The summed E-state index contributed by atoms with van der Waals surface area (Å²) in [5, 5.41) is 2.84. The van der Waals surface area contributed by atoms with Crippen LogP contribution in [0.25, 0.3) is 0 Å². The van der Waals surface area contributed by atoms with Gasteiger partial charge in [-0.1, -0.05) is 0 Å². The van der Waals surface area contributed by atoms with Crippen LogP contribution < -0.4 is 5.32 Å². The van der Waals surface area contributed by atoms with Crippen molar-refractivity contribution in [2.45, 2.75) is 19.4 Å². The molecule has 0 bridgehead atoms. The Morgan fingerprint density at radius 2 is 2.11 bits per heavy atom. The number of carbonyl (C=O) groups excluding carboxylic acids is 1. The summed E-state index contributed by atoms with van der Waals surface area (Å²) in [5.74, 6) is 0.0201. The average molecular weight is 243 g/mol. The minimum Gasteiger partial charge on any atom is -0.335 e. The zero-order valence-corrected chi connectivity index (χ0v) is 9.78. The lowest BCUT2D eigenvalue weighted by atomic mass is 9.95. The maximum absolute atomic E-state index is 12.1. The predicted molar refractivity (Wildman–Crippen MR) is 64.7 cm³/mol. The first kappa shape index (κ1) is 10.9. The van der Waals surface area contributed by atoms with Crippen LogP contribution in [0.3, 0.4) is 0 Å². The number of anilines is 1. The van der Waals surface area contributed by atoms with Crippen LogP contribution in [0.5, 0.6) is 0 Å². The Bertz CT molecular complexity index is 551. The van der Waals surface area contributed by atoms with Crippen molar-refractivity contribution in [2.24, 2.45) is 5.92 Å². The second-order valence-electron chi connectivity index (χ2n) is 4.38. The van der Waals surface area contributed by atoms with Crippen molar-refractivity contribution < 1.29 is 4.79 Å². The molecule has 0 radical (unpaired) electrons. The molecule has 0 fully saturated rings. The van der Waals surface area contributed by atoms with Crippen LogP contribution >= 0.6 is 0 Å². The lowest BCUT2D eigenvalue weighted by Gasteiger charge is -2.22. The van der Waals surface area contributed by atoms with E-state index in [2.05, 4.69) is 24.8 Å². The van der Waals surface area contributed by atoms with Gasteiger partial charge in [0.1, 0.15) is 6.33 Å². The molecule has 1 amide bonds. The van der Waals surface area contributed by atoms with Crippen LogP contribution in [0.4, 0.5) is 5.69 Å². The summed E-state index contributed by atoms with van der Waals surface area (Å²) in [5.41, 5.74) is 1.76. The topological polar surface area (TPSA) is 72.7 Å². The smallest absolute Gasteiger partial charge is 0.228 e. The number of imidazole rings is 1. The second-order valence-corrected chi connectivity index (χ2v) is 4.38. The van der Waals surface area contributed by atoms with Gasteiger partial charge in [-0.2, -0.15) is 0 Å². The monoisotopic (exact) mass is 243 g/mol. The lowest BCUT2D eigenvalue weighted by molar-refractivity contribution is -0.120. The van der Waals surface area contributed by atoms with E-state index in [1.165, 1.54) is 6.33 Å². The number of aryl methyl sites for hydroxylation is 1. The van der Waals surface area contributed by atoms with Gasteiger partial charge in [0.15, 0.2) is 0 Å². The molecule has 1 aliphatic rings. The fraction of sp³-hybridized carbons (Fsp3) is 0.333. The van der Waals surface area contributed by atoms with Crippen LogP contribution in [0, 0.1) is 5.92 Å². The Labute approximate surface area is 104 Å². The first-order chi connectivity index (χ1) is 8.83. The lowest BCUT2D eigenvalue weighted by Crippen LogP contribution is -2.29. The molecule has 0 saturated heterocycles. The van der Waals surface area contributed by atoms with Gasteiger partial charge in [-0.3, -0.25) is 4.79 Å². The summed E-state index contributed by atoms with van der Waals surface area (Å²) in [6.45, 7) is 0.846. The van der Waals surface area contributed by atoms with E-state index in [1.54, 1.807) is 12.4 Å². The number of nitrogens with zero attached hydrogens (tertiary/aromatic N) is 4. The van der Waals surface area contributed by atoms with E-state index in [4.69, 9.17) is 0 Å². The summed E-state index contributed by atoms with van der Waals surface area (Å²) in [6.07, 6.45) is 9.84. The molecule has 92 valence electrons. The van der Waals surface area contributed by atoms with E-state index in [-0.39, 0.29) is 11.8 Å². The second kappa shape index (κ2) is 4.56. The molecular formula is C12H13N5O. The molecule has 3 heterocycles. The highest BCUT2D eigenvalue weighted by molar-refractivity contribution is 5.92. The fourth-order valence-electron chi connectivity index (χ4n) is 2.20. The predicted octanol–water partition coefficient (Wildman–Crippen LogP) is 0.874. The van der Waals surface area contributed by atoms with Crippen LogP contribution in [0.1, 0.15) is 12.1 Å². The standard InChI is InChI=1S/C12H13N5O/c18-12(16-10-4-13-7-14-5-10)9-1-2-17-8-15-6-11(17)3-9/h4-9H,1-3H2,(H,16,18). The van der Waals surface area contributed by atoms with Gasteiger partial charge in [-0.25, -0.2) is 15.0 Å². The molecule has 3 rings (SSSR count). The Hall–Kier alpha value is -2.24. The Morgan fingerprint density at radius 3 is 2.94 bits per heavy atom. The van der Waals surface area contributed by atoms with E-state index in [0.29, 0.717) is 5.69 Å². The summed E-state index contributed by atoms with van der Waals surface area (Å²) in [4.78, 5) is 23.9. The van der Waals surface area contributed by atoms with Gasteiger partial charge in [0.25, 0.3) is 0 Å². The molecule has 2 aromatic heterocycles. The van der Waals surface area contributed by atoms with Crippen molar-refractivity contribution in [3.8, 4) is 0 Å². The quantitative estimate of drug-likeness (QED) is 0.849. The highest BCUT2D eigenvalue weighted by Crippen LogP contribution is 2.21. The maximum Gasteiger partial charge on any atom is 0.228 e. The molecule has 0 aromatic carbocycles. The summed E-state index contributed by atoms with van der Waals surface area (Å²) < 4.78 is 2.09. The van der Waals surface area contributed by atoms with E-state index in [1.807, 2.05) is 12.5 Å². The van der Waals surface area contributed by atoms with Gasteiger partial charge in [-0.15, -0.1) is 0 Å². The SMILES string of the molecule is O=C(Nc1cncnc1)C1CCn2cncc2C1. The maximum atomic E-state index is 12.1. The molecule has 0 saturated carbocycles. The Balaban J connectivity index is 1.68. The number of rotatable bonds is 2. The normalized spacial score (nSPS) is 18.1. The zero-order chi connectivity index (χ0) is 12.4. The van der Waals surface area contributed by atoms with E-state index in [0.717, 1.165) is 25.1 Å². The molecular weight excluding hydrogens is 230 g/mol. The van der Waals surface area contributed by atoms with Gasteiger partial charge < -0.3 is 9.88 Å². The third-order valence-corrected chi connectivity index (χ3v) is 3.17. The van der Waals surface area contributed by atoms with Crippen LogP contribution in [0.15, 0.2) is 31.2 Å². The molecule has 1 unspecified atom stereocenters. The van der Waals surface area contributed by atoms with Gasteiger partial charge in [0, 0.05) is 30.8 Å². The van der Waals surface area contributed by atoms with Crippen molar-refractivity contribution >= 4 is 11.6 Å². The molecule has 6 nitrogen and oxygen atoms in total. The highest BCUT2D eigenvalue weighted by atomic mass is 16.1. The number of hydrogen-bond acceptors (Lipinski definition) is 4. The molecule has 1 N–H and O–H groups in total. The van der Waals surface area contributed by atoms with Crippen LogP contribution in [-0.4, -0.2) is 25.4 Å². The minimum absolute atomic E-state index is 0.00518. The number of hydrogen-bond donors (Lipinski definition) is 1. The largest absolute Gasteiger partial charge is 0.335 e. The number of fused-ring (bicyclic) bond motifs is 1. The number of aromatic nitrogens is 4. The van der Waals surface area contributed by atoms with E-state index >= 15 is 0 Å². The number of amides is 1. The van der Waals surface area contributed by atoms with Crippen LogP contribution in [-0.2, 0) is 17.8 Å². The van der Waals surface area contributed by atoms with Gasteiger partial charge in [-0.05, 0) is 6.42 Å². The van der Waals surface area contributed by atoms with Gasteiger partial charge in [0.05, 0.1) is 24.4 Å². The van der Waals surface area contributed by atoms with Crippen molar-refractivity contribution in [3.63, 3.8) is 0 Å².